The quantitative estimate of drug-likeness (QED) is 0.927. The molecule has 1 saturated carbocycles. The van der Waals surface area contributed by atoms with E-state index in [0.717, 1.165) is 22.9 Å². The number of nitrogens with two attached hydrogens (primary N) is 1. The lowest BCUT2D eigenvalue weighted by Crippen LogP contribution is -2.42. The van der Waals surface area contributed by atoms with Crippen LogP contribution in [0.5, 0.6) is 0 Å². The molecule has 92 valence electrons. The summed E-state index contributed by atoms with van der Waals surface area (Å²) in [5.74, 6) is 0.0486. The number of nitrogens with zero attached hydrogens (tertiary/aromatic N) is 1. The van der Waals surface area contributed by atoms with Crippen LogP contribution < -0.4 is 5.73 Å². The Labute approximate surface area is 110 Å². The molecule has 1 aliphatic carbocycles. The molecule has 1 aromatic carbocycles. The minimum absolute atomic E-state index is 0.0486. The Morgan fingerprint density at radius 2 is 2.29 bits per heavy atom. The van der Waals surface area contributed by atoms with Gasteiger partial charge in [-0.3, -0.25) is 4.79 Å². The topological polar surface area (TPSA) is 46.3 Å². The fraction of sp³-hybridized carbons (Fsp3) is 0.462. The van der Waals surface area contributed by atoms with Crippen LogP contribution in [0.25, 0.3) is 0 Å². The van der Waals surface area contributed by atoms with E-state index in [1.165, 1.54) is 0 Å². The zero-order valence-corrected chi connectivity index (χ0v) is 11.5. The summed E-state index contributed by atoms with van der Waals surface area (Å²) in [6.45, 7) is 2.41. The van der Waals surface area contributed by atoms with Crippen LogP contribution in [-0.2, 0) is 11.3 Å². The number of carbonyl (C=O) groups is 1. The van der Waals surface area contributed by atoms with Crippen molar-refractivity contribution in [2.45, 2.75) is 38.4 Å². The number of halogens is 1. The van der Waals surface area contributed by atoms with Crippen molar-refractivity contribution in [3.63, 3.8) is 0 Å². The molecule has 4 heteroatoms. The molecule has 2 N–H and O–H groups in total. The van der Waals surface area contributed by atoms with E-state index in [-0.39, 0.29) is 5.91 Å². The average molecular weight is 297 g/mol. The Balaban J connectivity index is 2.10. The highest BCUT2D eigenvalue weighted by Crippen LogP contribution is 2.29. The number of amides is 1. The molecule has 1 atom stereocenters. The lowest BCUT2D eigenvalue weighted by Gasteiger charge is -2.24. The molecule has 17 heavy (non-hydrogen) atoms. The fourth-order valence-electron chi connectivity index (χ4n) is 1.87. The van der Waals surface area contributed by atoms with Crippen LogP contribution in [-0.4, -0.2) is 22.9 Å². The third kappa shape index (κ3) is 3.30. The van der Waals surface area contributed by atoms with Crippen molar-refractivity contribution in [3.05, 3.63) is 34.3 Å². The first kappa shape index (κ1) is 12.6. The van der Waals surface area contributed by atoms with Crippen molar-refractivity contribution in [3.8, 4) is 0 Å². The van der Waals surface area contributed by atoms with Gasteiger partial charge in [-0.2, -0.15) is 0 Å². The van der Waals surface area contributed by atoms with E-state index in [4.69, 9.17) is 5.73 Å². The van der Waals surface area contributed by atoms with E-state index in [1.54, 1.807) is 6.92 Å². The molecular weight excluding hydrogens is 280 g/mol. The van der Waals surface area contributed by atoms with E-state index in [1.807, 2.05) is 29.2 Å². The second kappa shape index (κ2) is 5.19. The normalized spacial score (nSPS) is 16.6. The molecule has 0 heterocycles. The molecule has 0 radical (unpaired) electrons. The molecule has 0 aliphatic heterocycles. The van der Waals surface area contributed by atoms with Gasteiger partial charge in [0, 0.05) is 17.1 Å². The highest BCUT2D eigenvalue weighted by Gasteiger charge is 2.33. The zero-order valence-electron chi connectivity index (χ0n) is 9.90. The summed E-state index contributed by atoms with van der Waals surface area (Å²) >= 11 is 3.44. The molecule has 1 aromatic rings. The van der Waals surface area contributed by atoms with Gasteiger partial charge >= 0.3 is 0 Å². The van der Waals surface area contributed by atoms with Crippen molar-refractivity contribution >= 4 is 21.8 Å². The van der Waals surface area contributed by atoms with E-state index >= 15 is 0 Å². The molecule has 0 bridgehead atoms. The van der Waals surface area contributed by atoms with E-state index in [2.05, 4.69) is 15.9 Å². The third-order valence-electron chi connectivity index (χ3n) is 2.90. The second-order valence-corrected chi connectivity index (χ2v) is 5.53. The molecular formula is C13H17BrN2O. The predicted molar refractivity (Wildman–Crippen MR) is 71.4 cm³/mol. The number of hydrogen-bond donors (Lipinski definition) is 1. The maximum Gasteiger partial charge on any atom is 0.239 e. The molecule has 0 saturated heterocycles. The van der Waals surface area contributed by atoms with Gasteiger partial charge in [0.1, 0.15) is 0 Å². The maximum absolute atomic E-state index is 12.0. The lowest BCUT2D eigenvalue weighted by molar-refractivity contribution is -0.133. The molecule has 0 spiro atoms. The summed E-state index contributed by atoms with van der Waals surface area (Å²) in [6, 6.07) is 8.03. The van der Waals surface area contributed by atoms with Gasteiger partial charge in [0.15, 0.2) is 0 Å². The first-order chi connectivity index (χ1) is 8.08. The fourth-order valence-corrected chi connectivity index (χ4v) is 2.31. The zero-order chi connectivity index (χ0) is 12.4. The maximum atomic E-state index is 12.0. The monoisotopic (exact) mass is 296 g/mol. The summed E-state index contributed by atoms with van der Waals surface area (Å²) in [5.41, 5.74) is 6.82. The minimum atomic E-state index is -0.414. The molecule has 1 fully saturated rings. The van der Waals surface area contributed by atoms with Crippen LogP contribution in [0.3, 0.4) is 0 Å². The highest BCUT2D eigenvalue weighted by molar-refractivity contribution is 9.10. The highest BCUT2D eigenvalue weighted by atomic mass is 79.9. The van der Waals surface area contributed by atoms with Crippen molar-refractivity contribution in [2.75, 3.05) is 0 Å². The smallest absolute Gasteiger partial charge is 0.239 e. The molecule has 0 unspecified atom stereocenters. The standard InChI is InChI=1S/C13H17BrN2O/c1-9(15)13(17)16(12-5-6-12)8-10-3-2-4-11(14)7-10/h2-4,7,9,12H,5-6,8,15H2,1H3/t9-/m0/s1. The van der Waals surface area contributed by atoms with Gasteiger partial charge in [-0.25, -0.2) is 0 Å². The van der Waals surface area contributed by atoms with Crippen LogP contribution >= 0.6 is 15.9 Å². The number of benzene rings is 1. The summed E-state index contributed by atoms with van der Waals surface area (Å²) in [4.78, 5) is 13.9. The molecule has 3 nitrogen and oxygen atoms in total. The Bertz CT molecular complexity index is 416. The summed E-state index contributed by atoms with van der Waals surface area (Å²) in [6.07, 6.45) is 2.21. The van der Waals surface area contributed by atoms with Crippen LogP contribution in [0.2, 0.25) is 0 Å². The lowest BCUT2D eigenvalue weighted by atomic mass is 10.2. The largest absolute Gasteiger partial charge is 0.334 e. The van der Waals surface area contributed by atoms with Gasteiger partial charge in [0.25, 0.3) is 0 Å². The third-order valence-corrected chi connectivity index (χ3v) is 3.40. The second-order valence-electron chi connectivity index (χ2n) is 4.62. The van der Waals surface area contributed by atoms with Crippen molar-refractivity contribution in [1.29, 1.82) is 0 Å². The van der Waals surface area contributed by atoms with Gasteiger partial charge in [-0.15, -0.1) is 0 Å². The van der Waals surface area contributed by atoms with Crippen molar-refractivity contribution < 1.29 is 4.79 Å². The molecule has 1 amide bonds. The number of rotatable bonds is 4. The predicted octanol–water partition coefficient (Wildman–Crippen LogP) is 2.29. The van der Waals surface area contributed by atoms with Gasteiger partial charge < -0.3 is 10.6 Å². The van der Waals surface area contributed by atoms with Gasteiger partial charge in [0.05, 0.1) is 6.04 Å². The Morgan fingerprint density at radius 1 is 1.59 bits per heavy atom. The van der Waals surface area contributed by atoms with Gasteiger partial charge in [0.2, 0.25) is 5.91 Å². The molecule has 0 aromatic heterocycles. The first-order valence-electron chi connectivity index (χ1n) is 5.88. The first-order valence-corrected chi connectivity index (χ1v) is 6.67. The van der Waals surface area contributed by atoms with E-state index in [9.17, 15) is 4.79 Å². The number of carbonyl (C=O) groups excluding carboxylic acids is 1. The summed E-state index contributed by atoms with van der Waals surface area (Å²) in [7, 11) is 0. The summed E-state index contributed by atoms with van der Waals surface area (Å²) < 4.78 is 1.04. The Hall–Kier alpha value is -0.870. The van der Waals surface area contributed by atoms with Crippen LogP contribution in [0.1, 0.15) is 25.3 Å². The summed E-state index contributed by atoms with van der Waals surface area (Å²) in [5, 5.41) is 0. The SMILES string of the molecule is C[C@H](N)C(=O)N(Cc1cccc(Br)c1)C1CC1. The van der Waals surface area contributed by atoms with Crippen molar-refractivity contribution in [1.82, 2.24) is 4.90 Å². The minimum Gasteiger partial charge on any atom is -0.334 e. The van der Waals surface area contributed by atoms with E-state index in [0.29, 0.717) is 12.6 Å². The van der Waals surface area contributed by atoms with Gasteiger partial charge in [-0.1, -0.05) is 28.1 Å². The Morgan fingerprint density at radius 3 is 2.82 bits per heavy atom. The average Bonchev–Trinajstić information content (AvgIpc) is 3.09. The van der Waals surface area contributed by atoms with Crippen molar-refractivity contribution in [2.24, 2.45) is 5.73 Å². The Kier molecular flexibility index (Phi) is 3.84. The molecule has 1 aliphatic rings. The number of hydrogen-bond acceptors (Lipinski definition) is 2. The van der Waals surface area contributed by atoms with Gasteiger partial charge in [-0.05, 0) is 37.5 Å². The van der Waals surface area contributed by atoms with Crippen LogP contribution in [0, 0.1) is 0 Å². The van der Waals surface area contributed by atoms with E-state index < -0.39 is 6.04 Å². The molecule has 2 rings (SSSR count). The van der Waals surface area contributed by atoms with Crippen LogP contribution in [0.4, 0.5) is 0 Å². The van der Waals surface area contributed by atoms with Crippen LogP contribution in [0.15, 0.2) is 28.7 Å².